The second-order valence-electron chi connectivity index (χ2n) is 5.76. The molecule has 1 aliphatic heterocycles. The van der Waals surface area contributed by atoms with Crippen molar-refractivity contribution in [2.45, 2.75) is 58.7 Å². The molecule has 0 aromatic heterocycles. The molecule has 1 fully saturated rings. The van der Waals surface area contributed by atoms with E-state index in [1.165, 1.54) is 0 Å². The summed E-state index contributed by atoms with van der Waals surface area (Å²) < 4.78 is 0. The Morgan fingerprint density at radius 2 is 1.93 bits per heavy atom. The topological polar surface area (TPSA) is 32.3 Å². The smallest absolute Gasteiger partial charge is 0.242 e. The highest BCUT2D eigenvalue weighted by molar-refractivity contribution is 5.87. The zero-order valence-corrected chi connectivity index (χ0v) is 10.1. The van der Waals surface area contributed by atoms with E-state index in [9.17, 15) is 4.79 Å². The molecule has 0 aromatic carbocycles. The molecule has 1 heterocycles. The average Bonchev–Trinajstić information content (AvgIpc) is 1.93. The van der Waals surface area contributed by atoms with Crippen molar-refractivity contribution in [2.24, 2.45) is 0 Å². The molecule has 1 amide bonds. The van der Waals surface area contributed by atoms with Crippen molar-refractivity contribution in [1.29, 1.82) is 0 Å². The summed E-state index contributed by atoms with van der Waals surface area (Å²) in [6.45, 7) is 13.1. The van der Waals surface area contributed by atoms with Crippen LogP contribution in [0.25, 0.3) is 0 Å². The Balaban J connectivity index is 2.92. The van der Waals surface area contributed by atoms with Gasteiger partial charge in [0.05, 0.1) is 5.54 Å². The van der Waals surface area contributed by atoms with Crippen LogP contribution in [0, 0.1) is 0 Å². The van der Waals surface area contributed by atoms with Crippen molar-refractivity contribution < 1.29 is 4.79 Å². The van der Waals surface area contributed by atoms with Gasteiger partial charge in [0, 0.05) is 18.1 Å². The lowest BCUT2D eigenvalue weighted by atomic mass is 9.93. The first-order valence-electron chi connectivity index (χ1n) is 5.24. The summed E-state index contributed by atoms with van der Waals surface area (Å²) in [6.07, 6.45) is 0. The van der Waals surface area contributed by atoms with Gasteiger partial charge in [-0.25, -0.2) is 0 Å². The number of amides is 1. The van der Waals surface area contributed by atoms with E-state index in [-0.39, 0.29) is 11.4 Å². The number of nitrogens with zero attached hydrogens (tertiary/aromatic N) is 1. The molecule has 1 unspecified atom stereocenters. The van der Waals surface area contributed by atoms with Crippen molar-refractivity contribution in [3.05, 3.63) is 0 Å². The van der Waals surface area contributed by atoms with Crippen LogP contribution in [0.2, 0.25) is 0 Å². The van der Waals surface area contributed by atoms with Gasteiger partial charge in [-0.05, 0) is 41.5 Å². The van der Waals surface area contributed by atoms with Crippen molar-refractivity contribution >= 4 is 5.91 Å². The molecular weight excluding hydrogens is 176 g/mol. The summed E-state index contributed by atoms with van der Waals surface area (Å²) in [5, 5.41) is 3.32. The van der Waals surface area contributed by atoms with Crippen LogP contribution >= 0.6 is 0 Å². The largest absolute Gasteiger partial charge is 0.335 e. The molecule has 0 aliphatic carbocycles. The number of nitrogens with one attached hydrogen (secondary N) is 1. The maximum atomic E-state index is 12.1. The Bertz CT molecular complexity index is 240. The molecule has 1 atom stereocenters. The molecule has 0 spiro atoms. The van der Waals surface area contributed by atoms with E-state index >= 15 is 0 Å². The van der Waals surface area contributed by atoms with Gasteiger partial charge in [0.1, 0.15) is 0 Å². The van der Waals surface area contributed by atoms with E-state index in [2.05, 4.69) is 33.0 Å². The molecule has 1 N–H and O–H groups in total. The third-order valence-electron chi connectivity index (χ3n) is 2.65. The summed E-state index contributed by atoms with van der Waals surface area (Å²) in [5.74, 6) is 0.197. The van der Waals surface area contributed by atoms with Gasteiger partial charge in [-0.3, -0.25) is 10.1 Å². The van der Waals surface area contributed by atoms with Gasteiger partial charge in [0.2, 0.25) is 5.91 Å². The van der Waals surface area contributed by atoms with Crippen molar-refractivity contribution in [3.8, 4) is 0 Å². The lowest BCUT2D eigenvalue weighted by Crippen LogP contribution is -2.68. The fourth-order valence-corrected chi connectivity index (χ4v) is 2.00. The number of rotatable bonds is 0. The first kappa shape index (κ1) is 11.5. The number of carbonyl (C=O) groups excluding carboxylic acids is 1. The van der Waals surface area contributed by atoms with Gasteiger partial charge in [-0.2, -0.15) is 0 Å². The van der Waals surface area contributed by atoms with Gasteiger partial charge in [-0.1, -0.05) is 0 Å². The summed E-state index contributed by atoms with van der Waals surface area (Å²) in [5.41, 5.74) is -0.504. The third kappa shape index (κ3) is 2.08. The molecular formula is C11H22N2O. The number of hydrogen-bond donors (Lipinski definition) is 1. The number of piperazine rings is 1. The molecule has 14 heavy (non-hydrogen) atoms. The highest BCUT2D eigenvalue weighted by Gasteiger charge is 2.42. The molecule has 1 rings (SSSR count). The minimum atomic E-state index is -0.426. The predicted octanol–water partition coefficient (Wildman–Crippen LogP) is 1.38. The summed E-state index contributed by atoms with van der Waals surface area (Å²) in [7, 11) is 0. The fraction of sp³-hybridized carbons (Fsp3) is 0.909. The molecule has 3 heteroatoms. The Morgan fingerprint density at radius 3 is 2.36 bits per heavy atom. The Hall–Kier alpha value is -0.570. The Morgan fingerprint density at radius 1 is 1.43 bits per heavy atom. The lowest BCUT2D eigenvalue weighted by molar-refractivity contribution is -0.146. The number of carbonyl (C=O) groups is 1. The van der Waals surface area contributed by atoms with E-state index in [0.717, 1.165) is 6.54 Å². The second-order valence-corrected chi connectivity index (χ2v) is 5.76. The fourth-order valence-electron chi connectivity index (χ4n) is 2.00. The van der Waals surface area contributed by atoms with Gasteiger partial charge >= 0.3 is 0 Å². The molecule has 0 bridgehead atoms. The SMILES string of the molecule is CC1CN(C(C)(C)C)C(=O)C(C)(C)N1. The molecule has 0 radical (unpaired) electrons. The summed E-state index contributed by atoms with van der Waals surface area (Å²) in [4.78, 5) is 14.1. The van der Waals surface area contributed by atoms with E-state index < -0.39 is 5.54 Å². The van der Waals surface area contributed by atoms with Crippen molar-refractivity contribution in [1.82, 2.24) is 10.2 Å². The van der Waals surface area contributed by atoms with Gasteiger partial charge in [0.15, 0.2) is 0 Å². The van der Waals surface area contributed by atoms with Crippen LogP contribution in [0.5, 0.6) is 0 Å². The highest BCUT2D eigenvalue weighted by atomic mass is 16.2. The van der Waals surface area contributed by atoms with Gasteiger partial charge < -0.3 is 4.90 Å². The minimum absolute atomic E-state index is 0.0787. The highest BCUT2D eigenvalue weighted by Crippen LogP contribution is 2.23. The standard InChI is InChI=1S/C11H22N2O/c1-8-7-13(10(2,3)4)9(14)11(5,6)12-8/h8,12H,7H2,1-6H3. The van der Waals surface area contributed by atoms with Crippen molar-refractivity contribution in [3.63, 3.8) is 0 Å². The van der Waals surface area contributed by atoms with E-state index in [1.54, 1.807) is 0 Å². The maximum Gasteiger partial charge on any atom is 0.242 e. The minimum Gasteiger partial charge on any atom is -0.335 e. The van der Waals surface area contributed by atoms with Crippen LogP contribution in [-0.2, 0) is 4.79 Å². The molecule has 1 saturated heterocycles. The Labute approximate surface area is 86.9 Å². The van der Waals surface area contributed by atoms with Crippen LogP contribution < -0.4 is 5.32 Å². The van der Waals surface area contributed by atoms with Crippen LogP contribution in [0.3, 0.4) is 0 Å². The van der Waals surface area contributed by atoms with E-state index in [1.807, 2.05) is 18.7 Å². The average molecular weight is 198 g/mol. The van der Waals surface area contributed by atoms with Crippen LogP contribution in [0.4, 0.5) is 0 Å². The summed E-state index contributed by atoms with van der Waals surface area (Å²) in [6, 6.07) is 0.363. The molecule has 0 aromatic rings. The quantitative estimate of drug-likeness (QED) is 0.638. The zero-order chi connectivity index (χ0) is 11.1. The monoisotopic (exact) mass is 198 g/mol. The van der Waals surface area contributed by atoms with Crippen LogP contribution in [0.15, 0.2) is 0 Å². The second kappa shape index (κ2) is 3.23. The third-order valence-corrected chi connectivity index (χ3v) is 2.65. The predicted molar refractivity (Wildman–Crippen MR) is 58.1 cm³/mol. The van der Waals surface area contributed by atoms with E-state index in [4.69, 9.17) is 0 Å². The maximum absolute atomic E-state index is 12.1. The summed E-state index contributed by atoms with van der Waals surface area (Å²) >= 11 is 0. The Kier molecular flexibility index (Phi) is 2.65. The molecule has 1 aliphatic rings. The van der Waals surface area contributed by atoms with Crippen LogP contribution in [-0.4, -0.2) is 34.5 Å². The molecule has 0 saturated carbocycles. The van der Waals surface area contributed by atoms with Gasteiger partial charge in [0.25, 0.3) is 0 Å². The van der Waals surface area contributed by atoms with Crippen molar-refractivity contribution in [2.75, 3.05) is 6.54 Å². The first-order chi connectivity index (χ1) is 6.14. The number of hydrogen-bond acceptors (Lipinski definition) is 2. The lowest BCUT2D eigenvalue weighted by Gasteiger charge is -2.47. The van der Waals surface area contributed by atoms with Gasteiger partial charge in [-0.15, -0.1) is 0 Å². The first-order valence-corrected chi connectivity index (χ1v) is 5.24. The normalized spacial score (nSPS) is 28.0. The van der Waals surface area contributed by atoms with E-state index in [0.29, 0.717) is 6.04 Å². The van der Waals surface area contributed by atoms with Crippen LogP contribution in [0.1, 0.15) is 41.5 Å². The molecule has 3 nitrogen and oxygen atoms in total. The molecule has 82 valence electrons. The zero-order valence-electron chi connectivity index (χ0n) is 10.1.